The van der Waals surface area contributed by atoms with Gasteiger partial charge in [0, 0.05) is 58.2 Å². The lowest BCUT2D eigenvalue weighted by Gasteiger charge is -2.38. The molecule has 0 N–H and O–H groups in total. The Hall–Kier alpha value is -1.92. The van der Waals surface area contributed by atoms with Crippen molar-refractivity contribution in [3.05, 3.63) is 41.3 Å². The summed E-state index contributed by atoms with van der Waals surface area (Å²) >= 11 is 6.22. The zero-order valence-electron chi connectivity index (χ0n) is 15.1. The van der Waals surface area contributed by atoms with E-state index in [4.69, 9.17) is 11.6 Å². The summed E-state index contributed by atoms with van der Waals surface area (Å²) in [7, 11) is 6.03. The molecule has 7 heteroatoms. The summed E-state index contributed by atoms with van der Waals surface area (Å²) in [6, 6.07) is 6.40. The molecule has 0 aliphatic carbocycles. The fourth-order valence-corrected chi connectivity index (χ4v) is 3.39. The van der Waals surface area contributed by atoms with Gasteiger partial charge in [0.1, 0.15) is 11.0 Å². The molecule has 25 heavy (non-hydrogen) atoms. The Morgan fingerprint density at radius 1 is 1.20 bits per heavy atom. The molecule has 0 bridgehead atoms. The van der Waals surface area contributed by atoms with E-state index in [1.165, 1.54) is 6.42 Å². The molecular formula is C18H25ClN6. The highest BCUT2D eigenvalue weighted by atomic mass is 35.5. The minimum atomic E-state index is 0.425. The van der Waals surface area contributed by atoms with E-state index in [-0.39, 0.29) is 0 Å². The van der Waals surface area contributed by atoms with Gasteiger partial charge in [-0.05, 0) is 31.5 Å². The lowest BCUT2D eigenvalue weighted by molar-refractivity contribution is 0.198. The molecule has 1 fully saturated rings. The number of hydrogen-bond donors (Lipinski definition) is 0. The molecule has 134 valence electrons. The van der Waals surface area contributed by atoms with E-state index in [0.717, 1.165) is 43.4 Å². The van der Waals surface area contributed by atoms with Gasteiger partial charge in [-0.25, -0.2) is 9.97 Å². The van der Waals surface area contributed by atoms with Gasteiger partial charge in [-0.3, -0.25) is 4.90 Å². The van der Waals surface area contributed by atoms with Gasteiger partial charge in [0.25, 0.3) is 0 Å². The highest BCUT2D eigenvalue weighted by molar-refractivity contribution is 6.30. The van der Waals surface area contributed by atoms with Crippen molar-refractivity contribution in [2.45, 2.75) is 25.4 Å². The van der Waals surface area contributed by atoms with Gasteiger partial charge < -0.3 is 9.80 Å². The minimum Gasteiger partial charge on any atom is -0.355 e. The van der Waals surface area contributed by atoms with Crippen LogP contribution in [-0.2, 0) is 6.54 Å². The first-order valence-corrected chi connectivity index (χ1v) is 8.97. The van der Waals surface area contributed by atoms with Crippen LogP contribution in [0, 0.1) is 0 Å². The Kier molecular flexibility index (Phi) is 5.71. The summed E-state index contributed by atoms with van der Waals surface area (Å²) in [6.07, 6.45) is 5.88. The highest BCUT2D eigenvalue weighted by Crippen LogP contribution is 2.23. The first kappa shape index (κ1) is 17.9. The fourth-order valence-electron chi connectivity index (χ4n) is 3.21. The third-order valence-electron chi connectivity index (χ3n) is 4.65. The van der Waals surface area contributed by atoms with Crippen LogP contribution in [0.1, 0.15) is 18.4 Å². The van der Waals surface area contributed by atoms with Gasteiger partial charge in [0.15, 0.2) is 0 Å². The number of nitrogens with zero attached hydrogens (tertiary/aromatic N) is 6. The van der Waals surface area contributed by atoms with Crippen LogP contribution in [0.5, 0.6) is 0 Å². The second-order valence-electron chi connectivity index (χ2n) is 6.70. The molecule has 2 aromatic heterocycles. The van der Waals surface area contributed by atoms with Crippen LogP contribution < -0.4 is 9.80 Å². The first-order chi connectivity index (χ1) is 12.0. The minimum absolute atomic E-state index is 0.425. The van der Waals surface area contributed by atoms with Crippen molar-refractivity contribution >= 4 is 23.4 Å². The van der Waals surface area contributed by atoms with Crippen molar-refractivity contribution in [3.8, 4) is 0 Å². The van der Waals surface area contributed by atoms with Crippen molar-refractivity contribution in [2.75, 3.05) is 44.0 Å². The summed E-state index contributed by atoms with van der Waals surface area (Å²) in [6.45, 7) is 2.91. The number of halogens is 1. The molecule has 0 spiro atoms. The van der Waals surface area contributed by atoms with Crippen molar-refractivity contribution in [3.63, 3.8) is 0 Å². The molecular weight excluding hydrogens is 336 g/mol. The summed E-state index contributed by atoms with van der Waals surface area (Å²) in [5.41, 5.74) is 1.09. The second kappa shape index (κ2) is 7.97. The molecule has 1 aliphatic heterocycles. The van der Waals surface area contributed by atoms with E-state index >= 15 is 0 Å². The maximum atomic E-state index is 6.22. The Bertz CT molecular complexity index is 707. The van der Waals surface area contributed by atoms with Crippen molar-refractivity contribution in [1.29, 1.82) is 0 Å². The number of rotatable bonds is 5. The predicted molar refractivity (Wildman–Crippen MR) is 102 cm³/mol. The molecule has 0 saturated carbocycles. The zero-order chi connectivity index (χ0) is 17.8. The largest absolute Gasteiger partial charge is 0.355 e. The third-order valence-corrected chi connectivity index (χ3v) is 4.99. The molecule has 1 saturated heterocycles. The van der Waals surface area contributed by atoms with Crippen molar-refractivity contribution in [1.82, 2.24) is 19.9 Å². The standard InChI is InChI=1S/C18H25ClN6/c1-23(2)18-21-10-8-16(22-18)24(3)15-7-5-11-25(13-15)12-14-6-4-9-20-17(14)19/h4,6,8-10,15H,5,7,11-13H2,1-3H3. The average Bonchev–Trinajstić information content (AvgIpc) is 2.63. The predicted octanol–water partition coefficient (Wildman–Crippen LogP) is 2.69. The van der Waals surface area contributed by atoms with E-state index in [0.29, 0.717) is 11.2 Å². The van der Waals surface area contributed by atoms with E-state index in [2.05, 4.69) is 37.9 Å². The molecule has 0 radical (unpaired) electrons. The zero-order valence-corrected chi connectivity index (χ0v) is 15.8. The smallest absolute Gasteiger partial charge is 0.226 e. The monoisotopic (exact) mass is 360 g/mol. The summed E-state index contributed by atoms with van der Waals surface area (Å²) in [4.78, 5) is 19.8. The molecule has 6 nitrogen and oxygen atoms in total. The lowest BCUT2D eigenvalue weighted by Crippen LogP contribution is -2.46. The van der Waals surface area contributed by atoms with Crippen molar-refractivity contribution in [2.24, 2.45) is 0 Å². The number of likely N-dealkylation sites (N-methyl/N-ethyl adjacent to an activating group) is 1. The number of piperidine rings is 1. The van der Waals surface area contributed by atoms with Gasteiger partial charge in [-0.1, -0.05) is 17.7 Å². The summed E-state index contributed by atoms with van der Waals surface area (Å²) < 4.78 is 0. The van der Waals surface area contributed by atoms with Crippen LogP contribution in [-0.4, -0.2) is 60.1 Å². The molecule has 3 rings (SSSR count). The van der Waals surface area contributed by atoms with Gasteiger partial charge >= 0.3 is 0 Å². The van der Waals surface area contributed by atoms with Gasteiger partial charge in [-0.2, -0.15) is 4.98 Å². The maximum absolute atomic E-state index is 6.22. The first-order valence-electron chi connectivity index (χ1n) is 8.59. The third kappa shape index (κ3) is 4.38. The van der Waals surface area contributed by atoms with Crippen LogP contribution >= 0.6 is 11.6 Å². The Labute approximate surface area is 154 Å². The van der Waals surface area contributed by atoms with Crippen LogP contribution in [0.4, 0.5) is 11.8 Å². The van der Waals surface area contributed by atoms with Crippen LogP contribution in [0.25, 0.3) is 0 Å². The van der Waals surface area contributed by atoms with Crippen LogP contribution in [0.2, 0.25) is 5.15 Å². The highest BCUT2D eigenvalue weighted by Gasteiger charge is 2.25. The normalized spacial score (nSPS) is 18.2. The number of anilines is 2. The quantitative estimate of drug-likeness (QED) is 0.764. The second-order valence-corrected chi connectivity index (χ2v) is 7.06. The van der Waals surface area contributed by atoms with Crippen molar-refractivity contribution < 1.29 is 0 Å². The van der Waals surface area contributed by atoms with E-state index in [1.807, 2.05) is 37.3 Å². The Morgan fingerprint density at radius 3 is 2.80 bits per heavy atom. The molecule has 1 aliphatic rings. The lowest BCUT2D eigenvalue weighted by atomic mass is 10.0. The SMILES string of the molecule is CN(C)c1nccc(N(C)C2CCCN(Cc3cccnc3Cl)C2)n1. The van der Waals surface area contributed by atoms with E-state index in [1.54, 1.807) is 6.20 Å². The number of aromatic nitrogens is 3. The molecule has 0 aromatic carbocycles. The fraction of sp³-hybridized carbons (Fsp3) is 0.500. The average molecular weight is 361 g/mol. The number of pyridine rings is 1. The van der Waals surface area contributed by atoms with Gasteiger partial charge in [0.2, 0.25) is 5.95 Å². The van der Waals surface area contributed by atoms with Crippen LogP contribution in [0.3, 0.4) is 0 Å². The molecule has 3 heterocycles. The molecule has 0 amide bonds. The maximum Gasteiger partial charge on any atom is 0.226 e. The number of likely N-dealkylation sites (tertiary alicyclic amines) is 1. The van der Waals surface area contributed by atoms with Crippen LogP contribution in [0.15, 0.2) is 30.6 Å². The molecule has 2 aromatic rings. The van der Waals surface area contributed by atoms with Gasteiger partial charge in [-0.15, -0.1) is 0 Å². The summed E-state index contributed by atoms with van der Waals surface area (Å²) in [5, 5.41) is 0.601. The Balaban J connectivity index is 1.68. The topological polar surface area (TPSA) is 48.4 Å². The molecule has 1 atom stereocenters. The van der Waals surface area contributed by atoms with Gasteiger partial charge in [0.05, 0.1) is 0 Å². The molecule has 1 unspecified atom stereocenters. The van der Waals surface area contributed by atoms with E-state index in [9.17, 15) is 0 Å². The Morgan fingerprint density at radius 2 is 2.04 bits per heavy atom. The van der Waals surface area contributed by atoms with E-state index < -0.39 is 0 Å². The summed E-state index contributed by atoms with van der Waals surface area (Å²) in [5.74, 6) is 1.70. The number of hydrogen-bond acceptors (Lipinski definition) is 6.